The first kappa shape index (κ1) is 42.3. The summed E-state index contributed by atoms with van der Waals surface area (Å²) < 4.78 is 92.3. The summed E-state index contributed by atoms with van der Waals surface area (Å²) in [7, 11) is 0. The van der Waals surface area contributed by atoms with Crippen molar-refractivity contribution in [3.05, 3.63) is 216 Å². The van der Waals surface area contributed by atoms with E-state index in [0.717, 1.165) is 89.1 Å². The van der Waals surface area contributed by atoms with Crippen molar-refractivity contribution in [2.45, 2.75) is 26.2 Å². The maximum atomic E-state index is 14.7. The van der Waals surface area contributed by atoms with Crippen LogP contribution in [-0.2, 0) is 12.4 Å². The zero-order chi connectivity index (χ0) is 47.1. The van der Waals surface area contributed by atoms with Gasteiger partial charge in [0.15, 0.2) is 0 Å². The topological polar surface area (TPSA) is 33.6 Å². The lowest BCUT2D eigenvalue weighted by Crippen LogP contribution is -2.11. The van der Waals surface area contributed by atoms with Crippen LogP contribution in [-0.4, -0.2) is 9.13 Å². The Kier molecular flexibility index (Phi) is 9.90. The number of hydrogen-bond acceptors (Lipinski definition) is 1. The third-order valence-corrected chi connectivity index (χ3v) is 13.0. The summed E-state index contributed by atoms with van der Waals surface area (Å²) >= 11 is 0. The van der Waals surface area contributed by atoms with Crippen molar-refractivity contribution in [2.24, 2.45) is 0 Å². The number of aromatic nitrogens is 2. The summed E-state index contributed by atoms with van der Waals surface area (Å²) in [5.41, 5.74) is 7.92. The van der Waals surface area contributed by atoms with Gasteiger partial charge in [0.1, 0.15) is 0 Å². The Morgan fingerprint density at radius 2 is 0.809 bits per heavy atom. The summed E-state index contributed by atoms with van der Waals surface area (Å²) in [4.78, 5) is 0. The highest BCUT2D eigenvalue weighted by atomic mass is 19.4. The zero-order valence-corrected chi connectivity index (χ0v) is 36.5. The SMILES string of the molecule is Cc1ccc(-c2ccc3c(c2)c2ccccc2n3-c2cccc(C#N)c2-c2c(-c3cc(C(F)(F)F)cc(C(F)(F)F)c3)cccc2-n2c3ccccc3c3cc(-c4ccc(C)cc4)ccc32)cc1. The third kappa shape index (κ3) is 7.08. The fraction of sp³-hybridized carbons (Fsp3) is 0.0678. The van der Waals surface area contributed by atoms with Crippen LogP contribution in [0.15, 0.2) is 188 Å². The highest BCUT2D eigenvalue weighted by molar-refractivity contribution is 6.13. The molecule has 68 heavy (non-hydrogen) atoms. The molecule has 0 aliphatic carbocycles. The van der Waals surface area contributed by atoms with E-state index in [4.69, 9.17) is 0 Å². The summed E-state index contributed by atoms with van der Waals surface area (Å²) in [6.45, 7) is 4.05. The Balaban J connectivity index is 1.27. The number of halogens is 6. The summed E-state index contributed by atoms with van der Waals surface area (Å²) in [6.07, 6.45) is -10.2. The van der Waals surface area contributed by atoms with Crippen LogP contribution in [0.4, 0.5) is 26.3 Å². The van der Waals surface area contributed by atoms with Crippen LogP contribution in [0.5, 0.6) is 0 Å². The second kappa shape index (κ2) is 15.9. The monoisotopic (exact) mass is 901 g/mol. The molecule has 0 amide bonds. The molecule has 0 saturated carbocycles. The van der Waals surface area contributed by atoms with E-state index in [0.29, 0.717) is 16.9 Å². The van der Waals surface area contributed by atoms with Crippen LogP contribution >= 0.6 is 0 Å². The van der Waals surface area contributed by atoms with Gasteiger partial charge in [-0.05, 0) is 120 Å². The number of nitriles is 1. The van der Waals surface area contributed by atoms with E-state index in [2.05, 4.69) is 54.6 Å². The van der Waals surface area contributed by atoms with E-state index in [-0.39, 0.29) is 28.3 Å². The van der Waals surface area contributed by atoms with Gasteiger partial charge in [-0.25, -0.2) is 0 Å². The van der Waals surface area contributed by atoms with Gasteiger partial charge in [0.05, 0.1) is 56.2 Å². The molecule has 9 heteroatoms. The molecule has 0 N–H and O–H groups in total. The lowest BCUT2D eigenvalue weighted by atomic mass is 9.87. The Morgan fingerprint density at radius 3 is 1.28 bits per heavy atom. The number of fused-ring (bicyclic) bond motifs is 6. The molecule has 2 aromatic heterocycles. The number of nitrogens with zero attached hydrogens (tertiary/aromatic N) is 3. The van der Waals surface area contributed by atoms with Gasteiger partial charge in [-0.15, -0.1) is 0 Å². The van der Waals surface area contributed by atoms with Gasteiger partial charge in [0.25, 0.3) is 0 Å². The fourth-order valence-electron chi connectivity index (χ4n) is 9.74. The quantitative estimate of drug-likeness (QED) is 0.153. The molecule has 0 fully saturated rings. The van der Waals surface area contributed by atoms with Crippen LogP contribution in [0.2, 0.25) is 0 Å². The van der Waals surface area contributed by atoms with Gasteiger partial charge in [-0.3, -0.25) is 0 Å². The molecule has 2 heterocycles. The highest BCUT2D eigenvalue weighted by Crippen LogP contribution is 2.48. The van der Waals surface area contributed by atoms with Crippen molar-refractivity contribution in [1.29, 1.82) is 5.26 Å². The van der Waals surface area contributed by atoms with Gasteiger partial charge in [-0.2, -0.15) is 31.6 Å². The first-order valence-electron chi connectivity index (χ1n) is 21.9. The standard InChI is InChI=1S/C59H37F6N3/c1-35-17-21-37(22-18-35)39-25-27-52-48(31-39)46-10-3-5-13-50(46)67(52)54-15-7-9-41(34-66)56(54)57-45(42-29-43(58(60,61)62)33-44(30-42)59(63,64)65)12-8-16-55(57)68-51-14-6-4-11-47(51)49-32-40(26-28-53(49)68)38-23-19-36(2)20-24-38/h3-33H,1-2H3. The van der Waals surface area contributed by atoms with Gasteiger partial charge in [-0.1, -0.05) is 126 Å². The predicted molar refractivity (Wildman–Crippen MR) is 261 cm³/mol. The molecule has 0 aliphatic heterocycles. The van der Waals surface area contributed by atoms with Gasteiger partial charge in [0, 0.05) is 32.7 Å². The molecule has 0 bridgehead atoms. The summed E-state index contributed by atoms with van der Waals surface area (Å²) in [5, 5.41) is 14.7. The molecule has 0 radical (unpaired) electrons. The first-order valence-corrected chi connectivity index (χ1v) is 21.9. The first-order chi connectivity index (χ1) is 32.8. The number of benzene rings is 9. The minimum absolute atomic E-state index is 0.0766. The number of hydrogen-bond donors (Lipinski definition) is 0. The molecule has 11 rings (SSSR count). The Hall–Kier alpha value is -8.35. The van der Waals surface area contributed by atoms with Crippen molar-refractivity contribution >= 4 is 43.6 Å². The fourth-order valence-corrected chi connectivity index (χ4v) is 9.74. The van der Waals surface area contributed by atoms with E-state index < -0.39 is 23.5 Å². The average Bonchev–Trinajstić information content (AvgIpc) is 3.85. The van der Waals surface area contributed by atoms with E-state index in [9.17, 15) is 31.6 Å². The second-order valence-electron chi connectivity index (χ2n) is 17.2. The Labute approximate surface area is 387 Å². The van der Waals surface area contributed by atoms with Crippen molar-refractivity contribution in [2.75, 3.05) is 0 Å². The normalized spacial score (nSPS) is 12.1. The number of rotatable bonds is 6. The van der Waals surface area contributed by atoms with Crippen molar-refractivity contribution in [3.8, 4) is 62.0 Å². The van der Waals surface area contributed by atoms with Crippen LogP contribution in [0.25, 0.3) is 99.5 Å². The van der Waals surface area contributed by atoms with E-state index in [1.54, 1.807) is 18.2 Å². The second-order valence-corrected chi connectivity index (χ2v) is 17.2. The minimum atomic E-state index is -5.11. The average molecular weight is 902 g/mol. The van der Waals surface area contributed by atoms with Crippen molar-refractivity contribution in [1.82, 2.24) is 9.13 Å². The third-order valence-electron chi connectivity index (χ3n) is 13.0. The Morgan fingerprint density at radius 1 is 0.382 bits per heavy atom. The smallest absolute Gasteiger partial charge is 0.309 e. The maximum Gasteiger partial charge on any atom is 0.416 e. The zero-order valence-electron chi connectivity index (χ0n) is 36.5. The molecular formula is C59H37F6N3. The number of aryl methyl sites for hydroxylation is 2. The predicted octanol–water partition coefficient (Wildman–Crippen LogP) is 17.1. The molecule has 0 aliphatic rings. The minimum Gasteiger partial charge on any atom is -0.309 e. The number of alkyl halides is 6. The molecule has 0 unspecified atom stereocenters. The van der Waals surface area contributed by atoms with E-state index in [1.807, 2.05) is 120 Å². The Bertz CT molecular complexity index is 3810. The summed E-state index contributed by atoms with van der Waals surface area (Å²) in [5.74, 6) is 0. The number of para-hydroxylation sites is 2. The molecule has 11 aromatic rings. The molecule has 330 valence electrons. The molecule has 0 spiro atoms. The lowest BCUT2D eigenvalue weighted by molar-refractivity contribution is -0.143. The molecule has 0 saturated heterocycles. The van der Waals surface area contributed by atoms with Crippen molar-refractivity contribution in [3.63, 3.8) is 0 Å². The van der Waals surface area contributed by atoms with E-state index >= 15 is 0 Å². The van der Waals surface area contributed by atoms with Crippen LogP contribution < -0.4 is 0 Å². The molecule has 0 atom stereocenters. The van der Waals surface area contributed by atoms with Crippen LogP contribution in [0, 0.1) is 25.2 Å². The maximum absolute atomic E-state index is 14.7. The van der Waals surface area contributed by atoms with Gasteiger partial charge < -0.3 is 9.13 Å². The molecule has 3 nitrogen and oxygen atoms in total. The van der Waals surface area contributed by atoms with Gasteiger partial charge >= 0.3 is 12.4 Å². The van der Waals surface area contributed by atoms with Crippen molar-refractivity contribution < 1.29 is 26.3 Å². The largest absolute Gasteiger partial charge is 0.416 e. The van der Waals surface area contributed by atoms with Crippen LogP contribution in [0.3, 0.4) is 0 Å². The molecular weight excluding hydrogens is 865 g/mol. The van der Waals surface area contributed by atoms with Gasteiger partial charge in [0.2, 0.25) is 0 Å². The van der Waals surface area contributed by atoms with Crippen LogP contribution in [0.1, 0.15) is 27.8 Å². The van der Waals surface area contributed by atoms with E-state index in [1.165, 1.54) is 6.07 Å². The lowest BCUT2D eigenvalue weighted by Gasteiger charge is -2.23. The molecule has 9 aromatic carbocycles. The summed E-state index contributed by atoms with van der Waals surface area (Å²) in [6, 6.07) is 58.6. The highest BCUT2D eigenvalue weighted by Gasteiger charge is 2.38.